The SMILES string of the molecule is COc1cccc(CNC(=O)c2cnc(C3CCCN(Cc4ccccn4)C3)nc2C)c1. The average Bonchev–Trinajstić information content (AvgIpc) is 2.83. The van der Waals surface area contributed by atoms with Gasteiger partial charge < -0.3 is 10.1 Å². The maximum Gasteiger partial charge on any atom is 0.254 e. The molecule has 1 aromatic carbocycles. The van der Waals surface area contributed by atoms with Gasteiger partial charge >= 0.3 is 0 Å². The molecule has 2 aromatic heterocycles. The number of carbonyl (C=O) groups excluding carboxylic acids is 1. The number of hydrogen-bond acceptors (Lipinski definition) is 6. The molecule has 0 bridgehead atoms. The van der Waals surface area contributed by atoms with Crippen molar-refractivity contribution in [2.45, 2.75) is 38.8 Å². The zero-order valence-corrected chi connectivity index (χ0v) is 18.6. The molecule has 166 valence electrons. The molecule has 7 heteroatoms. The first kappa shape index (κ1) is 21.9. The van der Waals surface area contributed by atoms with E-state index >= 15 is 0 Å². The highest BCUT2D eigenvalue weighted by Crippen LogP contribution is 2.26. The molecular formula is C25H29N5O2. The van der Waals surface area contributed by atoms with Gasteiger partial charge in [-0.3, -0.25) is 14.7 Å². The van der Waals surface area contributed by atoms with Crippen LogP contribution in [0.5, 0.6) is 5.75 Å². The van der Waals surface area contributed by atoms with Gasteiger partial charge in [0, 0.05) is 37.9 Å². The average molecular weight is 432 g/mol. The Morgan fingerprint density at radius 3 is 2.91 bits per heavy atom. The molecule has 1 saturated heterocycles. The van der Waals surface area contributed by atoms with Gasteiger partial charge in [0.05, 0.1) is 24.1 Å². The number of amides is 1. The first-order chi connectivity index (χ1) is 15.6. The van der Waals surface area contributed by atoms with Gasteiger partial charge in [0.2, 0.25) is 0 Å². The number of ether oxygens (including phenoxy) is 1. The van der Waals surface area contributed by atoms with Crippen LogP contribution in [0.3, 0.4) is 0 Å². The van der Waals surface area contributed by atoms with E-state index in [2.05, 4.69) is 26.3 Å². The molecule has 0 saturated carbocycles. The lowest BCUT2D eigenvalue weighted by molar-refractivity contribution is 0.0949. The monoisotopic (exact) mass is 431 g/mol. The van der Waals surface area contributed by atoms with Crippen molar-refractivity contribution < 1.29 is 9.53 Å². The molecule has 1 atom stereocenters. The molecule has 0 aliphatic carbocycles. The standard InChI is InChI=1S/C25H29N5O2/c1-18-23(25(31)28-14-19-7-5-10-22(13-19)32-2)15-27-24(29-18)20-8-6-12-30(16-20)17-21-9-3-4-11-26-21/h3-5,7,9-11,13,15,20H,6,8,12,14,16-17H2,1-2H3,(H,28,31). The van der Waals surface area contributed by atoms with Crippen molar-refractivity contribution >= 4 is 5.91 Å². The number of aromatic nitrogens is 3. The van der Waals surface area contributed by atoms with E-state index in [4.69, 9.17) is 9.72 Å². The predicted octanol–water partition coefficient (Wildman–Crippen LogP) is 3.50. The maximum atomic E-state index is 12.7. The van der Waals surface area contributed by atoms with Crippen molar-refractivity contribution in [2.24, 2.45) is 0 Å². The number of likely N-dealkylation sites (tertiary alicyclic amines) is 1. The number of hydrogen-bond donors (Lipinski definition) is 1. The minimum absolute atomic E-state index is 0.169. The molecule has 1 amide bonds. The third kappa shape index (κ3) is 5.48. The van der Waals surface area contributed by atoms with Crippen LogP contribution in [0.2, 0.25) is 0 Å². The maximum absolute atomic E-state index is 12.7. The molecule has 4 rings (SSSR count). The predicted molar refractivity (Wildman–Crippen MR) is 122 cm³/mol. The molecule has 0 radical (unpaired) electrons. The minimum atomic E-state index is -0.169. The molecule has 1 fully saturated rings. The Kier molecular flexibility index (Phi) is 7.07. The summed E-state index contributed by atoms with van der Waals surface area (Å²) in [4.78, 5) is 28.8. The molecule has 0 spiro atoms. The second kappa shape index (κ2) is 10.3. The largest absolute Gasteiger partial charge is 0.497 e. The fourth-order valence-electron chi connectivity index (χ4n) is 4.10. The number of rotatable bonds is 7. The number of pyridine rings is 1. The molecular weight excluding hydrogens is 402 g/mol. The second-order valence-electron chi connectivity index (χ2n) is 8.16. The van der Waals surface area contributed by atoms with Crippen LogP contribution < -0.4 is 10.1 Å². The summed E-state index contributed by atoms with van der Waals surface area (Å²) >= 11 is 0. The van der Waals surface area contributed by atoms with Crippen molar-refractivity contribution in [3.8, 4) is 5.75 Å². The Morgan fingerprint density at radius 2 is 2.12 bits per heavy atom. The quantitative estimate of drug-likeness (QED) is 0.617. The summed E-state index contributed by atoms with van der Waals surface area (Å²) in [5.74, 6) is 1.68. The first-order valence-corrected chi connectivity index (χ1v) is 11.0. The number of aryl methyl sites for hydroxylation is 1. The topological polar surface area (TPSA) is 80.2 Å². The van der Waals surface area contributed by atoms with E-state index in [0.717, 1.165) is 55.3 Å². The normalized spacial score (nSPS) is 16.5. The van der Waals surface area contributed by atoms with Gasteiger partial charge in [-0.15, -0.1) is 0 Å². The van der Waals surface area contributed by atoms with Gasteiger partial charge in [-0.25, -0.2) is 9.97 Å². The second-order valence-corrected chi connectivity index (χ2v) is 8.16. The summed E-state index contributed by atoms with van der Waals surface area (Å²) in [6.45, 7) is 5.08. The summed E-state index contributed by atoms with van der Waals surface area (Å²) < 4.78 is 5.24. The Hall–Kier alpha value is -3.32. The first-order valence-electron chi connectivity index (χ1n) is 11.0. The van der Waals surface area contributed by atoms with Crippen LogP contribution in [-0.2, 0) is 13.1 Å². The summed E-state index contributed by atoms with van der Waals surface area (Å²) in [7, 11) is 1.63. The van der Waals surface area contributed by atoms with Crippen molar-refractivity contribution in [1.82, 2.24) is 25.2 Å². The molecule has 1 aliphatic heterocycles. The van der Waals surface area contributed by atoms with E-state index in [1.807, 2.05) is 49.5 Å². The third-order valence-corrected chi connectivity index (χ3v) is 5.81. The van der Waals surface area contributed by atoms with Gasteiger partial charge in [-0.1, -0.05) is 18.2 Å². The van der Waals surface area contributed by atoms with Crippen LogP contribution in [0.1, 0.15) is 51.9 Å². The Bertz CT molecular complexity index is 1060. The number of nitrogens with one attached hydrogen (secondary N) is 1. The Labute approximate surface area is 188 Å². The molecule has 32 heavy (non-hydrogen) atoms. The summed E-state index contributed by atoms with van der Waals surface area (Å²) in [6, 6.07) is 13.7. The summed E-state index contributed by atoms with van der Waals surface area (Å²) in [6.07, 6.45) is 5.65. The fourth-order valence-corrected chi connectivity index (χ4v) is 4.10. The number of methoxy groups -OCH3 is 1. The molecule has 7 nitrogen and oxygen atoms in total. The molecule has 3 aromatic rings. The van der Waals surface area contributed by atoms with Gasteiger partial charge in [0.15, 0.2) is 0 Å². The van der Waals surface area contributed by atoms with Crippen molar-refractivity contribution in [2.75, 3.05) is 20.2 Å². The van der Waals surface area contributed by atoms with Crippen LogP contribution in [-0.4, -0.2) is 46.0 Å². The van der Waals surface area contributed by atoms with Crippen LogP contribution in [0.15, 0.2) is 54.9 Å². The zero-order valence-electron chi connectivity index (χ0n) is 18.6. The highest BCUT2D eigenvalue weighted by Gasteiger charge is 2.24. The lowest BCUT2D eigenvalue weighted by atomic mass is 9.96. The summed E-state index contributed by atoms with van der Waals surface area (Å²) in [5, 5.41) is 2.95. The lowest BCUT2D eigenvalue weighted by Crippen LogP contribution is -2.35. The highest BCUT2D eigenvalue weighted by molar-refractivity contribution is 5.94. The van der Waals surface area contributed by atoms with E-state index in [1.165, 1.54) is 0 Å². The number of nitrogens with zero attached hydrogens (tertiary/aromatic N) is 4. The van der Waals surface area contributed by atoms with E-state index in [1.54, 1.807) is 13.3 Å². The molecule has 1 N–H and O–H groups in total. The smallest absolute Gasteiger partial charge is 0.254 e. The third-order valence-electron chi connectivity index (χ3n) is 5.81. The Balaban J connectivity index is 1.38. The number of carbonyl (C=O) groups is 1. The van der Waals surface area contributed by atoms with E-state index in [9.17, 15) is 4.79 Å². The Morgan fingerprint density at radius 1 is 1.22 bits per heavy atom. The van der Waals surface area contributed by atoms with E-state index < -0.39 is 0 Å². The van der Waals surface area contributed by atoms with Crippen LogP contribution in [0.25, 0.3) is 0 Å². The van der Waals surface area contributed by atoms with Gasteiger partial charge in [0.1, 0.15) is 11.6 Å². The van der Waals surface area contributed by atoms with Crippen LogP contribution in [0, 0.1) is 6.92 Å². The zero-order chi connectivity index (χ0) is 22.3. The van der Waals surface area contributed by atoms with Crippen molar-refractivity contribution in [1.29, 1.82) is 0 Å². The minimum Gasteiger partial charge on any atom is -0.497 e. The highest BCUT2D eigenvalue weighted by atomic mass is 16.5. The lowest BCUT2D eigenvalue weighted by Gasteiger charge is -2.31. The molecule has 1 aliphatic rings. The number of piperidine rings is 1. The van der Waals surface area contributed by atoms with Gasteiger partial charge in [0.25, 0.3) is 5.91 Å². The van der Waals surface area contributed by atoms with Crippen molar-refractivity contribution in [3.05, 3.63) is 83.2 Å². The van der Waals surface area contributed by atoms with Crippen molar-refractivity contribution in [3.63, 3.8) is 0 Å². The van der Waals surface area contributed by atoms with E-state index in [0.29, 0.717) is 17.8 Å². The number of benzene rings is 1. The summed E-state index contributed by atoms with van der Waals surface area (Å²) in [5.41, 5.74) is 3.27. The fraction of sp³-hybridized carbons (Fsp3) is 0.360. The van der Waals surface area contributed by atoms with Gasteiger partial charge in [-0.2, -0.15) is 0 Å². The van der Waals surface area contributed by atoms with E-state index in [-0.39, 0.29) is 11.8 Å². The van der Waals surface area contributed by atoms with Crippen LogP contribution in [0.4, 0.5) is 0 Å². The van der Waals surface area contributed by atoms with Gasteiger partial charge in [-0.05, 0) is 56.1 Å². The van der Waals surface area contributed by atoms with Crippen LogP contribution >= 0.6 is 0 Å². The molecule has 1 unspecified atom stereocenters. The molecule has 3 heterocycles.